The summed E-state index contributed by atoms with van der Waals surface area (Å²) >= 11 is 9.21. The van der Waals surface area contributed by atoms with E-state index in [-0.39, 0.29) is 5.88 Å². The number of nitrogens with zero attached hydrogens (tertiary/aromatic N) is 1. The fraction of sp³-hybridized carbons (Fsp3) is 0.538. The van der Waals surface area contributed by atoms with Gasteiger partial charge in [0.05, 0.1) is 11.5 Å². The van der Waals surface area contributed by atoms with E-state index in [1.807, 2.05) is 13.0 Å². The molecule has 0 heterocycles. The monoisotopic (exact) mass is 383 g/mol. The van der Waals surface area contributed by atoms with Crippen molar-refractivity contribution < 1.29 is 13.2 Å². The van der Waals surface area contributed by atoms with Crippen LogP contribution in [-0.4, -0.2) is 39.5 Å². The molecule has 0 fully saturated rings. The highest BCUT2D eigenvalue weighted by Gasteiger charge is 2.25. The summed E-state index contributed by atoms with van der Waals surface area (Å²) in [6.45, 7) is 4.68. The zero-order valence-electron chi connectivity index (χ0n) is 11.8. The zero-order chi connectivity index (χ0) is 15.3. The van der Waals surface area contributed by atoms with Gasteiger partial charge < -0.3 is 4.74 Å². The quantitative estimate of drug-likeness (QED) is 0.678. The molecule has 1 aromatic rings. The Hall–Kier alpha value is -0.140. The van der Waals surface area contributed by atoms with Gasteiger partial charge in [-0.3, -0.25) is 0 Å². The summed E-state index contributed by atoms with van der Waals surface area (Å²) in [5, 5.41) is 0. The van der Waals surface area contributed by atoms with Crippen LogP contribution in [0.3, 0.4) is 0 Å². The van der Waals surface area contributed by atoms with Crippen molar-refractivity contribution in [2.24, 2.45) is 0 Å². The van der Waals surface area contributed by atoms with E-state index in [9.17, 15) is 8.42 Å². The normalized spacial score (nSPS) is 12.1. The molecule has 0 spiro atoms. The van der Waals surface area contributed by atoms with Crippen molar-refractivity contribution in [3.05, 3.63) is 27.7 Å². The highest BCUT2D eigenvalue weighted by molar-refractivity contribution is 9.10. The van der Waals surface area contributed by atoms with Gasteiger partial charge in [-0.2, -0.15) is 4.31 Å². The molecule has 1 aromatic carbocycles. The van der Waals surface area contributed by atoms with E-state index in [2.05, 4.69) is 15.9 Å². The lowest BCUT2D eigenvalue weighted by molar-refractivity contribution is 0.180. The van der Waals surface area contributed by atoms with Gasteiger partial charge in [0.1, 0.15) is 0 Å². The first-order chi connectivity index (χ1) is 9.38. The maximum absolute atomic E-state index is 12.7. The second-order valence-electron chi connectivity index (χ2n) is 4.32. The lowest BCUT2D eigenvalue weighted by Gasteiger charge is -2.22. The Balaban J connectivity index is 3.29. The van der Waals surface area contributed by atoms with Gasteiger partial charge >= 0.3 is 0 Å². The SMILES string of the molecule is CCN(CCOC)S(=O)(=O)c1cc(CCl)cc(Br)c1C. The molecule has 0 aliphatic rings. The van der Waals surface area contributed by atoms with Gasteiger partial charge in [-0.05, 0) is 30.2 Å². The number of sulfonamides is 1. The third-order valence-electron chi connectivity index (χ3n) is 3.03. The van der Waals surface area contributed by atoms with Crippen LogP contribution in [0.4, 0.5) is 0 Å². The molecule has 1 rings (SSSR count). The van der Waals surface area contributed by atoms with Gasteiger partial charge in [0, 0.05) is 30.6 Å². The summed E-state index contributed by atoms with van der Waals surface area (Å²) in [4.78, 5) is 0.292. The van der Waals surface area contributed by atoms with E-state index in [1.54, 1.807) is 20.1 Å². The van der Waals surface area contributed by atoms with Crippen LogP contribution in [0.2, 0.25) is 0 Å². The van der Waals surface area contributed by atoms with Crippen molar-refractivity contribution in [2.45, 2.75) is 24.6 Å². The third kappa shape index (κ3) is 3.95. The van der Waals surface area contributed by atoms with E-state index < -0.39 is 10.0 Å². The summed E-state index contributed by atoms with van der Waals surface area (Å²) in [6.07, 6.45) is 0. The number of rotatable bonds is 7. The summed E-state index contributed by atoms with van der Waals surface area (Å²) in [7, 11) is -1.99. The molecule has 0 atom stereocenters. The van der Waals surface area contributed by atoms with Crippen molar-refractivity contribution in [2.75, 3.05) is 26.8 Å². The molecule has 0 aromatic heterocycles. The molecule has 0 unspecified atom stereocenters. The number of benzene rings is 1. The molecule has 4 nitrogen and oxygen atoms in total. The molecule has 0 radical (unpaired) electrons. The standard InChI is InChI=1S/C13H19BrClNO3S/c1-4-16(5-6-19-3)20(17,18)13-8-11(9-15)7-12(14)10(13)2/h7-8H,4-6,9H2,1-3H3. The summed E-state index contributed by atoms with van der Waals surface area (Å²) in [5.74, 6) is 0.269. The highest BCUT2D eigenvalue weighted by Crippen LogP contribution is 2.28. The zero-order valence-corrected chi connectivity index (χ0v) is 15.0. The number of ether oxygens (including phenoxy) is 1. The van der Waals surface area contributed by atoms with Crippen molar-refractivity contribution in [1.82, 2.24) is 4.31 Å². The fourth-order valence-electron chi connectivity index (χ4n) is 1.83. The molecule has 0 bridgehead atoms. The van der Waals surface area contributed by atoms with Crippen LogP contribution in [-0.2, 0) is 20.6 Å². The molecule has 0 N–H and O–H groups in total. The van der Waals surface area contributed by atoms with E-state index >= 15 is 0 Å². The Bertz CT molecular complexity index is 563. The number of alkyl halides is 1. The molecular formula is C13H19BrClNO3S. The van der Waals surface area contributed by atoms with Crippen LogP contribution in [0.15, 0.2) is 21.5 Å². The van der Waals surface area contributed by atoms with E-state index in [0.717, 1.165) is 10.0 Å². The van der Waals surface area contributed by atoms with Gasteiger partial charge in [-0.1, -0.05) is 22.9 Å². The molecule has 0 saturated heterocycles. The molecule has 7 heteroatoms. The van der Waals surface area contributed by atoms with Crippen LogP contribution < -0.4 is 0 Å². The van der Waals surface area contributed by atoms with E-state index in [0.29, 0.717) is 30.2 Å². The summed E-state index contributed by atoms with van der Waals surface area (Å²) in [6, 6.07) is 3.48. The minimum Gasteiger partial charge on any atom is -0.383 e. The molecule has 0 aliphatic heterocycles. The number of likely N-dealkylation sites (N-methyl/N-ethyl adjacent to an activating group) is 1. The van der Waals surface area contributed by atoms with Gasteiger partial charge in [-0.25, -0.2) is 8.42 Å². The smallest absolute Gasteiger partial charge is 0.243 e. The van der Waals surface area contributed by atoms with Gasteiger partial charge in [0.15, 0.2) is 0 Å². The first-order valence-corrected chi connectivity index (χ1v) is 8.99. The first-order valence-electron chi connectivity index (χ1n) is 6.22. The largest absolute Gasteiger partial charge is 0.383 e. The molecule has 114 valence electrons. The van der Waals surface area contributed by atoms with Crippen molar-refractivity contribution in [3.8, 4) is 0 Å². The molecule has 20 heavy (non-hydrogen) atoms. The Labute approximate surface area is 134 Å². The van der Waals surface area contributed by atoms with Gasteiger partial charge in [-0.15, -0.1) is 11.6 Å². The minimum atomic E-state index is -3.54. The minimum absolute atomic E-state index is 0.269. The predicted molar refractivity (Wildman–Crippen MR) is 84.7 cm³/mol. The average molecular weight is 385 g/mol. The lowest BCUT2D eigenvalue weighted by atomic mass is 10.2. The molecule has 0 aliphatic carbocycles. The second-order valence-corrected chi connectivity index (χ2v) is 7.35. The second kappa shape index (κ2) is 7.75. The predicted octanol–water partition coefficient (Wildman–Crippen LogP) is 3.15. The average Bonchev–Trinajstić information content (AvgIpc) is 2.42. The van der Waals surface area contributed by atoms with E-state index in [1.165, 1.54) is 4.31 Å². The van der Waals surface area contributed by atoms with Crippen LogP contribution in [0.25, 0.3) is 0 Å². The first kappa shape index (κ1) is 17.9. The Morgan fingerprint density at radius 2 is 2.05 bits per heavy atom. The summed E-state index contributed by atoms with van der Waals surface area (Å²) in [5.41, 5.74) is 1.46. The maximum Gasteiger partial charge on any atom is 0.243 e. The fourth-order valence-corrected chi connectivity index (χ4v) is 4.36. The number of methoxy groups -OCH3 is 1. The third-order valence-corrected chi connectivity index (χ3v) is 6.26. The lowest BCUT2D eigenvalue weighted by Crippen LogP contribution is -2.34. The van der Waals surface area contributed by atoms with Gasteiger partial charge in [0.25, 0.3) is 0 Å². The van der Waals surface area contributed by atoms with Crippen LogP contribution >= 0.6 is 27.5 Å². The van der Waals surface area contributed by atoms with Crippen molar-refractivity contribution in [1.29, 1.82) is 0 Å². The Kier molecular flexibility index (Phi) is 6.94. The maximum atomic E-state index is 12.7. The Morgan fingerprint density at radius 1 is 1.40 bits per heavy atom. The van der Waals surface area contributed by atoms with Crippen LogP contribution in [0, 0.1) is 6.92 Å². The number of hydrogen-bond donors (Lipinski definition) is 0. The highest BCUT2D eigenvalue weighted by atomic mass is 79.9. The topological polar surface area (TPSA) is 46.6 Å². The van der Waals surface area contributed by atoms with E-state index in [4.69, 9.17) is 16.3 Å². The van der Waals surface area contributed by atoms with Crippen molar-refractivity contribution in [3.63, 3.8) is 0 Å². The summed E-state index contributed by atoms with van der Waals surface area (Å²) < 4.78 is 32.6. The Morgan fingerprint density at radius 3 is 2.55 bits per heavy atom. The van der Waals surface area contributed by atoms with Gasteiger partial charge in [0.2, 0.25) is 10.0 Å². The molecule has 0 amide bonds. The number of hydrogen-bond acceptors (Lipinski definition) is 3. The van der Waals surface area contributed by atoms with Crippen LogP contribution in [0.5, 0.6) is 0 Å². The van der Waals surface area contributed by atoms with Crippen LogP contribution in [0.1, 0.15) is 18.1 Å². The number of halogens is 2. The molecular weight excluding hydrogens is 366 g/mol. The molecule has 0 saturated carbocycles. The van der Waals surface area contributed by atoms with Crippen molar-refractivity contribution >= 4 is 37.6 Å².